The van der Waals surface area contributed by atoms with Crippen LogP contribution in [-0.2, 0) is 0 Å². The molecule has 0 aliphatic rings. The lowest BCUT2D eigenvalue weighted by Crippen LogP contribution is -2.04. The van der Waals surface area contributed by atoms with Crippen molar-refractivity contribution in [2.75, 3.05) is 12.3 Å². The molecule has 1 heterocycles. The van der Waals surface area contributed by atoms with Crippen LogP contribution >= 0.6 is 0 Å². The Labute approximate surface area is 97.5 Å². The predicted octanol–water partition coefficient (Wildman–Crippen LogP) is 1.66. The molecule has 2 rings (SSSR count). The van der Waals surface area contributed by atoms with Gasteiger partial charge < -0.3 is 10.5 Å². The van der Waals surface area contributed by atoms with E-state index in [1.54, 1.807) is 12.1 Å². The lowest BCUT2D eigenvalue weighted by molar-refractivity contribution is 0.312. The molecular formula is C11H11FN4O. The highest BCUT2D eigenvalue weighted by Gasteiger charge is 2.07. The normalized spacial score (nSPS) is 10.2. The highest BCUT2D eigenvalue weighted by Crippen LogP contribution is 2.18. The molecule has 0 unspecified atom stereocenters. The standard InChI is InChI=1S/C11H11FN4O/c1-2-17-11-15-9(14-10(13)16-11)7-3-5-8(12)6-4-7/h3-6H,2H2,1H3,(H2,13,14,15,16). The van der Waals surface area contributed by atoms with Gasteiger partial charge in [-0.25, -0.2) is 4.39 Å². The van der Waals surface area contributed by atoms with Crippen molar-refractivity contribution in [1.29, 1.82) is 0 Å². The zero-order chi connectivity index (χ0) is 12.3. The molecule has 6 heteroatoms. The quantitative estimate of drug-likeness (QED) is 0.874. The third-order valence-corrected chi connectivity index (χ3v) is 2.01. The molecule has 0 fully saturated rings. The van der Waals surface area contributed by atoms with E-state index >= 15 is 0 Å². The minimum Gasteiger partial charge on any atom is -0.464 e. The smallest absolute Gasteiger partial charge is 0.321 e. The fourth-order valence-electron chi connectivity index (χ4n) is 1.29. The first kappa shape index (κ1) is 11.3. The van der Waals surface area contributed by atoms with Crippen LogP contribution in [0.15, 0.2) is 24.3 Å². The summed E-state index contributed by atoms with van der Waals surface area (Å²) in [4.78, 5) is 11.9. The number of nitrogens with two attached hydrogens (primary N) is 1. The molecule has 0 aliphatic carbocycles. The number of halogens is 1. The average Bonchev–Trinajstić information content (AvgIpc) is 2.29. The summed E-state index contributed by atoms with van der Waals surface area (Å²) in [6.07, 6.45) is 0. The first-order valence-corrected chi connectivity index (χ1v) is 5.09. The van der Waals surface area contributed by atoms with E-state index in [0.29, 0.717) is 18.0 Å². The number of benzene rings is 1. The predicted molar refractivity (Wildman–Crippen MR) is 60.8 cm³/mol. The Kier molecular flexibility index (Phi) is 3.13. The van der Waals surface area contributed by atoms with Crippen LogP contribution in [0, 0.1) is 5.82 Å². The van der Waals surface area contributed by atoms with Gasteiger partial charge in [0.25, 0.3) is 0 Å². The highest BCUT2D eigenvalue weighted by molar-refractivity contribution is 5.55. The van der Waals surface area contributed by atoms with Crippen molar-refractivity contribution in [3.63, 3.8) is 0 Å². The third kappa shape index (κ3) is 2.66. The van der Waals surface area contributed by atoms with E-state index in [4.69, 9.17) is 10.5 Å². The molecule has 0 aliphatic heterocycles. The van der Waals surface area contributed by atoms with E-state index < -0.39 is 0 Å². The topological polar surface area (TPSA) is 73.9 Å². The summed E-state index contributed by atoms with van der Waals surface area (Å²) in [6.45, 7) is 2.25. The van der Waals surface area contributed by atoms with E-state index in [1.165, 1.54) is 12.1 Å². The molecule has 0 amide bonds. The van der Waals surface area contributed by atoms with E-state index in [1.807, 2.05) is 6.92 Å². The van der Waals surface area contributed by atoms with Gasteiger partial charge in [0.15, 0.2) is 5.82 Å². The Morgan fingerprint density at radius 3 is 2.53 bits per heavy atom. The molecule has 88 valence electrons. The lowest BCUT2D eigenvalue weighted by Gasteiger charge is -2.04. The number of rotatable bonds is 3. The molecule has 2 aromatic rings. The zero-order valence-corrected chi connectivity index (χ0v) is 9.22. The van der Waals surface area contributed by atoms with Gasteiger partial charge in [-0.3, -0.25) is 0 Å². The summed E-state index contributed by atoms with van der Waals surface area (Å²) in [5, 5.41) is 0. The van der Waals surface area contributed by atoms with Crippen molar-refractivity contribution >= 4 is 5.95 Å². The van der Waals surface area contributed by atoms with Crippen molar-refractivity contribution in [3.8, 4) is 17.4 Å². The molecule has 1 aromatic heterocycles. The van der Waals surface area contributed by atoms with Gasteiger partial charge in [0.1, 0.15) is 5.82 Å². The molecule has 17 heavy (non-hydrogen) atoms. The largest absolute Gasteiger partial charge is 0.464 e. The number of hydrogen-bond acceptors (Lipinski definition) is 5. The summed E-state index contributed by atoms with van der Waals surface area (Å²) >= 11 is 0. The Bertz CT molecular complexity index is 515. The van der Waals surface area contributed by atoms with Crippen LogP contribution in [0.1, 0.15) is 6.92 Å². The number of hydrogen-bond donors (Lipinski definition) is 1. The molecular weight excluding hydrogens is 223 g/mol. The summed E-state index contributed by atoms with van der Waals surface area (Å²) in [5.41, 5.74) is 6.19. The molecule has 5 nitrogen and oxygen atoms in total. The lowest BCUT2D eigenvalue weighted by atomic mass is 10.2. The molecule has 2 N–H and O–H groups in total. The van der Waals surface area contributed by atoms with Crippen LogP contribution in [0.5, 0.6) is 6.01 Å². The molecule has 0 saturated heterocycles. The Balaban J connectivity index is 2.40. The molecule has 0 radical (unpaired) electrons. The van der Waals surface area contributed by atoms with Crippen molar-refractivity contribution < 1.29 is 9.13 Å². The average molecular weight is 234 g/mol. The number of ether oxygens (including phenoxy) is 1. The van der Waals surface area contributed by atoms with Crippen LogP contribution in [0.2, 0.25) is 0 Å². The Morgan fingerprint density at radius 2 is 1.88 bits per heavy atom. The van der Waals surface area contributed by atoms with E-state index in [0.717, 1.165) is 0 Å². The minimum absolute atomic E-state index is 0.0720. The number of nitrogen functional groups attached to an aromatic ring is 1. The van der Waals surface area contributed by atoms with E-state index in [-0.39, 0.29) is 17.8 Å². The van der Waals surface area contributed by atoms with Gasteiger partial charge in [0.2, 0.25) is 5.95 Å². The number of nitrogens with zero attached hydrogens (tertiary/aromatic N) is 3. The SMILES string of the molecule is CCOc1nc(N)nc(-c2ccc(F)cc2)n1. The van der Waals surface area contributed by atoms with Crippen molar-refractivity contribution in [2.24, 2.45) is 0 Å². The summed E-state index contributed by atoms with van der Waals surface area (Å²) in [6, 6.07) is 5.96. The second-order valence-electron chi connectivity index (χ2n) is 3.24. The molecule has 0 atom stereocenters. The van der Waals surface area contributed by atoms with Crippen LogP contribution in [0.3, 0.4) is 0 Å². The Morgan fingerprint density at radius 1 is 1.18 bits per heavy atom. The second kappa shape index (κ2) is 4.73. The van der Waals surface area contributed by atoms with Gasteiger partial charge in [0.05, 0.1) is 6.61 Å². The van der Waals surface area contributed by atoms with Gasteiger partial charge in [0, 0.05) is 5.56 Å². The van der Waals surface area contributed by atoms with Gasteiger partial charge in [-0.05, 0) is 31.2 Å². The maximum Gasteiger partial charge on any atom is 0.321 e. The maximum absolute atomic E-state index is 12.8. The molecule has 0 bridgehead atoms. The molecule has 0 saturated carbocycles. The fraction of sp³-hybridized carbons (Fsp3) is 0.182. The zero-order valence-electron chi connectivity index (χ0n) is 9.22. The fourth-order valence-corrected chi connectivity index (χ4v) is 1.29. The summed E-state index contributed by atoms with van der Waals surface area (Å²) < 4.78 is 17.9. The van der Waals surface area contributed by atoms with Gasteiger partial charge >= 0.3 is 6.01 Å². The van der Waals surface area contributed by atoms with Gasteiger partial charge in [-0.15, -0.1) is 0 Å². The minimum atomic E-state index is -0.319. The van der Waals surface area contributed by atoms with Crippen LogP contribution in [0.4, 0.5) is 10.3 Å². The van der Waals surface area contributed by atoms with Crippen LogP contribution < -0.4 is 10.5 Å². The second-order valence-corrected chi connectivity index (χ2v) is 3.24. The first-order chi connectivity index (χ1) is 8.19. The van der Waals surface area contributed by atoms with Crippen molar-refractivity contribution in [1.82, 2.24) is 15.0 Å². The van der Waals surface area contributed by atoms with Crippen molar-refractivity contribution in [2.45, 2.75) is 6.92 Å². The Hall–Kier alpha value is -2.24. The highest BCUT2D eigenvalue weighted by atomic mass is 19.1. The monoisotopic (exact) mass is 234 g/mol. The van der Waals surface area contributed by atoms with Gasteiger partial charge in [-0.2, -0.15) is 15.0 Å². The van der Waals surface area contributed by atoms with E-state index in [9.17, 15) is 4.39 Å². The molecule has 1 aromatic carbocycles. The van der Waals surface area contributed by atoms with Gasteiger partial charge in [-0.1, -0.05) is 0 Å². The maximum atomic E-state index is 12.8. The van der Waals surface area contributed by atoms with Crippen LogP contribution in [0.25, 0.3) is 11.4 Å². The third-order valence-electron chi connectivity index (χ3n) is 2.01. The summed E-state index contributed by atoms with van der Waals surface area (Å²) in [5.74, 6) is 0.115. The number of anilines is 1. The first-order valence-electron chi connectivity index (χ1n) is 5.09. The van der Waals surface area contributed by atoms with E-state index in [2.05, 4.69) is 15.0 Å². The summed E-state index contributed by atoms with van der Waals surface area (Å²) in [7, 11) is 0. The molecule has 0 spiro atoms. The van der Waals surface area contributed by atoms with Crippen LogP contribution in [-0.4, -0.2) is 21.6 Å². The van der Waals surface area contributed by atoms with Crippen molar-refractivity contribution in [3.05, 3.63) is 30.1 Å². The number of aromatic nitrogens is 3.